The molecule has 2 aromatic rings. The van der Waals surface area contributed by atoms with Crippen molar-refractivity contribution in [1.29, 1.82) is 0 Å². The van der Waals surface area contributed by atoms with Crippen LogP contribution in [0.3, 0.4) is 0 Å². The van der Waals surface area contributed by atoms with Gasteiger partial charge in [-0.15, -0.1) is 0 Å². The highest BCUT2D eigenvalue weighted by molar-refractivity contribution is 6.35. The smallest absolute Gasteiger partial charge is 0.316 e. The van der Waals surface area contributed by atoms with Crippen LogP contribution in [-0.4, -0.2) is 36.5 Å². The largest absolute Gasteiger partial charge is 0.465 e. The van der Waals surface area contributed by atoms with Gasteiger partial charge < -0.3 is 10.1 Å². The lowest BCUT2D eigenvalue weighted by molar-refractivity contribution is -0.146. The highest BCUT2D eigenvalue weighted by Gasteiger charge is 2.52. The predicted molar refractivity (Wildman–Crippen MR) is 127 cm³/mol. The third kappa shape index (κ3) is 5.11. The van der Waals surface area contributed by atoms with Crippen molar-refractivity contribution >= 4 is 40.8 Å². The summed E-state index contributed by atoms with van der Waals surface area (Å²) < 4.78 is 5.24. The highest BCUT2D eigenvalue weighted by atomic mass is 35.5. The van der Waals surface area contributed by atoms with Crippen LogP contribution in [-0.2, 0) is 26.3 Å². The molecule has 7 heteroatoms. The second-order valence-corrected chi connectivity index (χ2v) is 9.52. The van der Waals surface area contributed by atoms with E-state index in [1.165, 1.54) is 0 Å². The van der Waals surface area contributed by atoms with Crippen molar-refractivity contribution in [2.75, 3.05) is 25.0 Å². The van der Waals surface area contributed by atoms with Gasteiger partial charge in [-0.05, 0) is 74.5 Å². The van der Waals surface area contributed by atoms with E-state index in [0.717, 1.165) is 49.0 Å². The Morgan fingerprint density at radius 3 is 2.56 bits per heavy atom. The van der Waals surface area contributed by atoms with E-state index in [2.05, 4.69) is 10.2 Å². The van der Waals surface area contributed by atoms with Crippen molar-refractivity contribution in [3.63, 3.8) is 0 Å². The predicted octanol–water partition coefficient (Wildman–Crippen LogP) is 5.44. The molecule has 32 heavy (non-hydrogen) atoms. The Kier molecular flexibility index (Phi) is 7.08. The average molecular weight is 475 g/mol. The SMILES string of the molecule is CCOC(=O)C1(c2ccc(NC(=O)[C@H]3CCCN(Cc4ccc(Cl)cc4Cl)C3)cc2)CC1. The fraction of sp³-hybridized carbons (Fsp3) is 0.440. The molecule has 0 aromatic heterocycles. The molecule has 2 fully saturated rings. The van der Waals surface area contributed by atoms with Crippen molar-refractivity contribution in [3.8, 4) is 0 Å². The Morgan fingerprint density at radius 1 is 1.16 bits per heavy atom. The summed E-state index contributed by atoms with van der Waals surface area (Å²) in [6.45, 7) is 4.53. The van der Waals surface area contributed by atoms with Crippen molar-refractivity contribution in [2.24, 2.45) is 5.92 Å². The first-order chi connectivity index (χ1) is 15.4. The molecule has 0 radical (unpaired) electrons. The van der Waals surface area contributed by atoms with Crippen LogP contribution in [0.2, 0.25) is 10.0 Å². The number of rotatable bonds is 7. The maximum absolute atomic E-state index is 12.9. The third-order valence-electron chi connectivity index (χ3n) is 6.41. The maximum Gasteiger partial charge on any atom is 0.316 e. The van der Waals surface area contributed by atoms with Crippen LogP contribution in [0.1, 0.15) is 43.7 Å². The van der Waals surface area contributed by atoms with Gasteiger partial charge >= 0.3 is 5.97 Å². The number of hydrogen-bond donors (Lipinski definition) is 1. The van der Waals surface area contributed by atoms with Crippen LogP contribution in [0, 0.1) is 5.92 Å². The van der Waals surface area contributed by atoms with Crippen LogP contribution in [0.15, 0.2) is 42.5 Å². The van der Waals surface area contributed by atoms with Crippen molar-refractivity contribution in [3.05, 3.63) is 63.6 Å². The molecule has 2 aromatic carbocycles. The molecule has 1 aliphatic carbocycles. The van der Waals surface area contributed by atoms with Crippen molar-refractivity contribution in [2.45, 2.75) is 44.6 Å². The summed E-state index contributed by atoms with van der Waals surface area (Å²) in [5, 5.41) is 4.32. The minimum Gasteiger partial charge on any atom is -0.465 e. The summed E-state index contributed by atoms with van der Waals surface area (Å²) in [7, 11) is 0. The Bertz CT molecular complexity index is 989. The number of nitrogens with one attached hydrogen (secondary N) is 1. The monoisotopic (exact) mass is 474 g/mol. The lowest BCUT2D eigenvalue weighted by Gasteiger charge is -2.32. The fourth-order valence-corrected chi connectivity index (χ4v) is 4.89. The Hall–Kier alpha value is -2.08. The number of hydrogen-bond acceptors (Lipinski definition) is 4. The van der Waals surface area contributed by atoms with Gasteiger partial charge in [0.2, 0.25) is 5.91 Å². The molecule has 0 bridgehead atoms. The summed E-state index contributed by atoms with van der Waals surface area (Å²) in [5.41, 5.74) is 2.22. The minimum atomic E-state index is -0.495. The average Bonchev–Trinajstić information content (AvgIpc) is 3.59. The van der Waals surface area contributed by atoms with Gasteiger partial charge in [0.1, 0.15) is 0 Å². The summed E-state index contributed by atoms with van der Waals surface area (Å²) in [6, 6.07) is 13.1. The number of ether oxygens (including phenoxy) is 1. The van der Waals surface area contributed by atoms with Crippen molar-refractivity contribution < 1.29 is 14.3 Å². The van der Waals surface area contributed by atoms with E-state index in [4.69, 9.17) is 27.9 Å². The van der Waals surface area contributed by atoms with Gasteiger partial charge in [0.05, 0.1) is 17.9 Å². The molecule has 4 rings (SSSR count). The van der Waals surface area contributed by atoms with Crippen LogP contribution in [0.5, 0.6) is 0 Å². The van der Waals surface area contributed by atoms with E-state index >= 15 is 0 Å². The zero-order valence-corrected chi connectivity index (χ0v) is 19.7. The van der Waals surface area contributed by atoms with Crippen molar-refractivity contribution in [1.82, 2.24) is 4.90 Å². The number of nitrogens with zero attached hydrogens (tertiary/aromatic N) is 1. The minimum absolute atomic E-state index is 0.0242. The first-order valence-corrected chi connectivity index (χ1v) is 11.9. The van der Waals surface area contributed by atoms with Gasteiger partial charge in [0.15, 0.2) is 0 Å². The molecule has 0 spiro atoms. The van der Waals surface area contributed by atoms with E-state index in [1.54, 1.807) is 6.07 Å². The molecule has 1 amide bonds. The number of likely N-dealkylation sites (tertiary alicyclic amines) is 1. The molecule has 1 N–H and O–H groups in total. The van der Waals surface area contributed by atoms with E-state index in [0.29, 0.717) is 29.7 Å². The molecule has 1 saturated heterocycles. The first kappa shape index (κ1) is 23.1. The molecule has 5 nitrogen and oxygen atoms in total. The van der Waals surface area contributed by atoms with Gasteiger partial charge in [0.25, 0.3) is 0 Å². The van der Waals surface area contributed by atoms with Crippen LogP contribution < -0.4 is 5.32 Å². The lowest BCUT2D eigenvalue weighted by atomic mass is 9.95. The first-order valence-electron chi connectivity index (χ1n) is 11.2. The van der Waals surface area contributed by atoms with E-state index in [9.17, 15) is 9.59 Å². The number of carbonyl (C=O) groups excluding carboxylic acids is 2. The maximum atomic E-state index is 12.9. The van der Waals surface area contributed by atoms with Crippen LogP contribution in [0.25, 0.3) is 0 Å². The second-order valence-electron chi connectivity index (χ2n) is 8.68. The number of benzene rings is 2. The number of esters is 1. The fourth-order valence-electron chi connectivity index (χ4n) is 4.43. The number of piperidine rings is 1. The summed E-state index contributed by atoms with van der Waals surface area (Å²) in [4.78, 5) is 27.5. The Labute approximate surface area is 199 Å². The van der Waals surface area contributed by atoms with E-state index in [-0.39, 0.29) is 17.8 Å². The number of carbonyl (C=O) groups is 2. The van der Waals surface area contributed by atoms with Crippen LogP contribution >= 0.6 is 23.2 Å². The topological polar surface area (TPSA) is 58.6 Å². The molecular formula is C25H28Cl2N2O3. The number of anilines is 1. The molecule has 1 heterocycles. The van der Waals surface area contributed by atoms with E-state index in [1.807, 2.05) is 43.3 Å². The molecule has 1 aliphatic heterocycles. The normalized spacial score (nSPS) is 19.9. The quantitative estimate of drug-likeness (QED) is 0.542. The summed E-state index contributed by atoms with van der Waals surface area (Å²) in [6.07, 6.45) is 3.45. The molecule has 2 aliphatic rings. The number of amides is 1. The molecule has 1 saturated carbocycles. The van der Waals surface area contributed by atoms with E-state index < -0.39 is 5.41 Å². The van der Waals surface area contributed by atoms with Crippen LogP contribution in [0.4, 0.5) is 5.69 Å². The molecule has 1 atom stereocenters. The number of halogens is 2. The van der Waals surface area contributed by atoms with Gasteiger partial charge in [-0.1, -0.05) is 41.4 Å². The molecular weight excluding hydrogens is 447 g/mol. The molecule has 0 unspecified atom stereocenters. The summed E-state index contributed by atoms with van der Waals surface area (Å²) in [5.74, 6) is -0.208. The standard InChI is InChI=1S/C25H28Cl2N2O3/c1-2-32-24(31)25(11-12-25)19-6-9-21(10-7-19)28-23(30)18-4-3-13-29(16-18)15-17-5-8-20(26)14-22(17)27/h5-10,14,18H,2-4,11-13,15-16H2,1H3,(H,28,30)/t18-/m0/s1. The lowest BCUT2D eigenvalue weighted by Crippen LogP contribution is -2.40. The zero-order valence-electron chi connectivity index (χ0n) is 18.2. The summed E-state index contributed by atoms with van der Waals surface area (Å²) >= 11 is 12.3. The Morgan fingerprint density at radius 2 is 1.91 bits per heavy atom. The van der Waals surface area contributed by atoms with Gasteiger partial charge in [-0.25, -0.2) is 0 Å². The second kappa shape index (κ2) is 9.82. The highest BCUT2D eigenvalue weighted by Crippen LogP contribution is 2.49. The Balaban J connectivity index is 1.35. The zero-order chi connectivity index (χ0) is 22.7. The molecule has 170 valence electrons. The van der Waals surface area contributed by atoms with Gasteiger partial charge in [-0.3, -0.25) is 14.5 Å². The third-order valence-corrected chi connectivity index (χ3v) is 6.99. The van der Waals surface area contributed by atoms with Gasteiger partial charge in [-0.2, -0.15) is 0 Å². The van der Waals surface area contributed by atoms with Gasteiger partial charge in [0, 0.05) is 28.8 Å².